The van der Waals surface area contributed by atoms with Crippen molar-refractivity contribution < 1.29 is 18.3 Å². The maximum Gasteiger partial charge on any atom is 0.303 e. The lowest BCUT2D eigenvalue weighted by Crippen LogP contribution is -2.29. The summed E-state index contributed by atoms with van der Waals surface area (Å²) in [7, 11) is -3.61. The van der Waals surface area contributed by atoms with Gasteiger partial charge in [0.25, 0.3) is 0 Å². The predicted molar refractivity (Wildman–Crippen MR) is 75.3 cm³/mol. The van der Waals surface area contributed by atoms with Gasteiger partial charge >= 0.3 is 5.97 Å². The number of hydrogen-bond donors (Lipinski definition) is 2. The van der Waals surface area contributed by atoms with Gasteiger partial charge in [-0.25, -0.2) is 13.1 Å². The van der Waals surface area contributed by atoms with Crippen molar-refractivity contribution >= 4 is 38.9 Å². The van der Waals surface area contributed by atoms with E-state index < -0.39 is 16.0 Å². The Balaban J connectivity index is 2.72. The predicted octanol–water partition coefficient (Wildman–Crippen LogP) is 2.49. The Labute approximate surface area is 121 Å². The van der Waals surface area contributed by atoms with Crippen LogP contribution in [0.5, 0.6) is 0 Å². The summed E-state index contributed by atoms with van der Waals surface area (Å²) in [6, 6.07) is 1.51. The van der Waals surface area contributed by atoms with Crippen LogP contribution in [-0.2, 0) is 14.8 Å². The second-order valence-electron chi connectivity index (χ2n) is 4.25. The van der Waals surface area contributed by atoms with Crippen molar-refractivity contribution in [1.29, 1.82) is 0 Å². The van der Waals surface area contributed by atoms with Crippen LogP contribution in [0.3, 0.4) is 0 Å². The zero-order valence-electron chi connectivity index (χ0n) is 10.6. The van der Waals surface area contributed by atoms with E-state index in [0.717, 1.165) is 11.3 Å². The average molecular weight is 326 g/mol. The summed E-state index contributed by atoms with van der Waals surface area (Å²) in [5.74, 6) is -1.15. The number of hydrogen-bond acceptors (Lipinski definition) is 4. The molecule has 1 aromatic rings. The molecule has 0 amide bonds. The molecule has 1 aromatic heterocycles. The Morgan fingerprint density at radius 3 is 2.63 bits per heavy atom. The standard InChI is InChI=1S/C11H16ClNO4S2/c1-3-8(5-9(14)15)6-13-19(16,17)10-4-7(2)11(12)18-10/h4,8,13H,3,5-6H2,1-2H3,(H,14,15). The molecule has 0 fully saturated rings. The summed E-state index contributed by atoms with van der Waals surface area (Å²) in [6.07, 6.45) is 0.544. The summed E-state index contributed by atoms with van der Waals surface area (Å²) in [4.78, 5) is 10.6. The number of nitrogens with one attached hydrogen (secondary N) is 1. The summed E-state index contributed by atoms with van der Waals surface area (Å²) < 4.78 is 27.0. The number of aliphatic carboxylic acids is 1. The van der Waals surface area contributed by atoms with Crippen LogP contribution in [0.15, 0.2) is 10.3 Å². The van der Waals surface area contributed by atoms with Crippen molar-refractivity contribution in [3.63, 3.8) is 0 Å². The number of carboxylic acid groups (broad SMARTS) is 1. The summed E-state index contributed by atoms with van der Waals surface area (Å²) in [5, 5.41) is 8.71. The molecule has 0 radical (unpaired) electrons. The van der Waals surface area contributed by atoms with E-state index in [1.54, 1.807) is 6.92 Å². The van der Waals surface area contributed by atoms with Crippen LogP contribution in [0, 0.1) is 12.8 Å². The Hall–Kier alpha value is -0.630. The van der Waals surface area contributed by atoms with Crippen molar-refractivity contribution in [2.75, 3.05) is 6.54 Å². The number of halogens is 1. The molecule has 1 atom stereocenters. The van der Waals surface area contributed by atoms with E-state index in [1.807, 2.05) is 6.92 Å². The normalized spacial score (nSPS) is 13.4. The fourth-order valence-electron chi connectivity index (χ4n) is 1.47. The number of carboxylic acids is 1. The zero-order chi connectivity index (χ0) is 14.6. The fourth-order valence-corrected chi connectivity index (χ4v) is 4.34. The monoisotopic (exact) mass is 325 g/mol. The molecule has 0 saturated heterocycles. The minimum absolute atomic E-state index is 0.0523. The summed E-state index contributed by atoms with van der Waals surface area (Å²) in [6.45, 7) is 3.67. The SMILES string of the molecule is CCC(CNS(=O)(=O)c1cc(C)c(Cl)s1)CC(=O)O. The van der Waals surface area contributed by atoms with Gasteiger partial charge < -0.3 is 5.11 Å². The molecule has 1 unspecified atom stereocenters. The number of thiophene rings is 1. The molecular formula is C11H16ClNO4S2. The zero-order valence-corrected chi connectivity index (χ0v) is 13.0. The Morgan fingerprint density at radius 1 is 1.58 bits per heavy atom. The van der Waals surface area contributed by atoms with Gasteiger partial charge in [0.15, 0.2) is 0 Å². The lowest BCUT2D eigenvalue weighted by molar-refractivity contribution is -0.138. The van der Waals surface area contributed by atoms with Gasteiger partial charge in [-0.15, -0.1) is 11.3 Å². The topological polar surface area (TPSA) is 83.5 Å². The molecule has 19 heavy (non-hydrogen) atoms. The van der Waals surface area contributed by atoms with Gasteiger partial charge in [-0.3, -0.25) is 4.79 Å². The van der Waals surface area contributed by atoms with Crippen LogP contribution >= 0.6 is 22.9 Å². The van der Waals surface area contributed by atoms with Crippen molar-refractivity contribution in [2.24, 2.45) is 5.92 Å². The smallest absolute Gasteiger partial charge is 0.303 e. The number of aryl methyl sites for hydroxylation is 1. The van der Waals surface area contributed by atoms with E-state index in [2.05, 4.69) is 4.72 Å². The van der Waals surface area contributed by atoms with Gasteiger partial charge in [0.2, 0.25) is 10.0 Å². The molecule has 0 aliphatic heterocycles. The largest absolute Gasteiger partial charge is 0.481 e. The molecule has 0 aliphatic carbocycles. The van der Waals surface area contributed by atoms with E-state index >= 15 is 0 Å². The molecule has 0 aromatic carbocycles. The highest BCUT2D eigenvalue weighted by Gasteiger charge is 2.20. The second-order valence-corrected chi connectivity index (χ2v) is 7.89. The molecule has 8 heteroatoms. The van der Waals surface area contributed by atoms with Gasteiger partial charge in [0, 0.05) is 13.0 Å². The molecule has 0 aliphatic rings. The third-order valence-electron chi connectivity index (χ3n) is 2.70. The van der Waals surface area contributed by atoms with Gasteiger partial charge in [-0.05, 0) is 24.5 Å². The van der Waals surface area contributed by atoms with Crippen molar-refractivity contribution in [1.82, 2.24) is 4.72 Å². The summed E-state index contributed by atoms with van der Waals surface area (Å²) >= 11 is 6.84. The Morgan fingerprint density at radius 2 is 2.21 bits per heavy atom. The molecule has 0 bridgehead atoms. The highest BCUT2D eigenvalue weighted by atomic mass is 35.5. The van der Waals surface area contributed by atoms with Crippen LogP contribution in [-0.4, -0.2) is 26.0 Å². The van der Waals surface area contributed by atoms with Crippen LogP contribution < -0.4 is 4.72 Å². The highest BCUT2D eigenvalue weighted by molar-refractivity contribution is 7.91. The third kappa shape index (κ3) is 4.76. The minimum atomic E-state index is -3.61. The van der Waals surface area contributed by atoms with Gasteiger partial charge in [0.05, 0.1) is 4.34 Å². The molecule has 0 saturated carbocycles. The maximum absolute atomic E-state index is 12.0. The molecular weight excluding hydrogens is 310 g/mol. The highest BCUT2D eigenvalue weighted by Crippen LogP contribution is 2.30. The molecule has 108 valence electrons. The van der Waals surface area contributed by atoms with E-state index in [0.29, 0.717) is 16.3 Å². The first-order valence-corrected chi connectivity index (χ1v) is 8.41. The molecule has 5 nitrogen and oxygen atoms in total. The molecule has 1 heterocycles. The average Bonchev–Trinajstić information content (AvgIpc) is 2.65. The van der Waals surface area contributed by atoms with Crippen LogP contribution in [0.2, 0.25) is 4.34 Å². The quantitative estimate of drug-likeness (QED) is 0.806. The second kappa shape index (κ2) is 6.69. The first-order chi connectivity index (χ1) is 8.76. The molecule has 1 rings (SSSR count). The van der Waals surface area contributed by atoms with Crippen molar-refractivity contribution in [3.05, 3.63) is 16.0 Å². The first-order valence-electron chi connectivity index (χ1n) is 5.73. The number of sulfonamides is 1. The van der Waals surface area contributed by atoms with E-state index in [-0.39, 0.29) is 23.1 Å². The minimum Gasteiger partial charge on any atom is -0.481 e. The third-order valence-corrected chi connectivity index (χ3v) is 6.15. The first kappa shape index (κ1) is 16.4. The molecule has 0 spiro atoms. The van der Waals surface area contributed by atoms with Crippen LogP contribution in [0.25, 0.3) is 0 Å². The van der Waals surface area contributed by atoms with Crippen LogP contribution in [0.1, 0.15) is 25.3 Å². The van der Waals surface area contributed by atoms with Gasteiger partial charge in [-0.1, -0.05) is 24.9 Å². The number of carbonyl (C=O) groups is 1. The lowest BCUT2D eigenvalue weighted by Gasteiger charge is -2.12. The fraction of sp³-hybridized carbons (Fsp3) is 0.545. The summed E-state index contributed by atoms with van der Waals surface area (Å²) in [5.41, 5.74) is 0.713. The van der Waals surface area contributed by atoms with E-state index in [1.165, 1.54) is 6.07 Å². The van der Waals surface area contributed by atoms with Crippen LogP contribution in [0.4, 0.5) is 0 Å². The van der Waals surface area contributed by atoms with Crippen molar-refractivity contribution in [3.8, 4) is 0 Å². The maximum atomic E-state index is 12.0. The lowest BCUT2D eigenvalue weighted by atomic mass is 10.0. The Kier molecular flexibility index (Phi) is 5.79. The van der Waals surface area contributed by atoms with E-state index in [9.17, 15) is 13.2 Å². The van der Waals surface area contributed by atoms with Gasteiger partial charge in [0.1, 0.15) is 4.21 Å². The van der Waals surface area contributed by atoms with Gasteiger partial charge in [-0.2, -0.15) is 0 Å². The number of rotatable bonds is 7. The Bertz CT molecular complexity index is 534. The van der Waals surface area contributed by atoms with E-state index in [4.69, 9.17) is 16.7 Å². The molecule has 2 N–H and O–H groups in total. The van der Waals surface area contributed by atoms with Crippen molar-refractivity contribution in [2.45, 2.75) is 30.9 Å².